The second-order valence-electron chi connectivity index (χ2n) is 6.11. The molecule has 0 unspecified atom stereocenters. The van der Waals surface area contributed by atoms with Gasteiger partial charge in [-0.1, -0.05) is 18.2 Å². The van der Waals surface area contributed by atoms with Gasteiger partial charge in [-0.3, -0.25) is 9.78 Å². The molecule has 7 heteroatoms. The van der Waals surface area contributed by atoms with Gasteiger partial charge in [-0.05, 0) is 42.3 Å². The maximum atomic E-state index is 13.9. The average Bonchev–Trinajstić information content (AvgIpc) is 3.12. The highest BCUT2D eigenvalue weighted by atomic mass is 19.2. The summed E-state index contributed by atoms with van der Waals surface area (Å²) in [5.41, 5.74) is 2.20. The number of aromatic nitrogens is 1. The minimum atomic E-state index is -1.56. The van der Waals surface area contributed by atoms with Gasteiger partial charge in [-0.25, -0.2) is 13.2 Å². The summed E-state index contributed by atoms with van der Waals surface area (Å²) >= 11 is 0. The molecule has 4 rings (SSSR count). The Morgan fingerprint density at radius 3 is 2.70 bits per heavy atom. The molecule has 1 N–H and O–H groups in total. The van der Waals surface area contributed by atoms with E-state index in [1.165, 1.54) is 18.3 Å². The molecular weight excluding hydrogens is 355 g/mol. The molecule has 0 saturated heterocycles. The maximum absolute atomic E-state index is 13.9. The zero-order chi connectivity index (χ0) is 19.0. The third-order valence-electron chi connectivity index (χ3n) is 4.43. The van der Waals surface area contributed by atoms with Crippen LogP contribution in [-0.2, 0) is 6.42 Å². The van der Waals surface area contributed by atoms with E-state index < -0.39 is 17.5 Å². The predicted molar refractivity (Wildman–Crippen MR) is 95.7 cm³/mol. The summed E-state index contributed by atoms with van der Waals surface area (Å²) in [6.07, 6.45) is 2.16. The highest BCUT2D eigenvalue weighted by Crippen LogP contribution is 2.29. The number of nitrogens with one attached hydrogen (secondary N) is 1. The summed E-state index contributed by atoms with van der Waals surface area (Å²) in [6.45, 7) is 0.551. The van der Waals surface area contributed by atoms with Gasteiger partial charge in [0.25, 0.3) is 5.91 Å². The molecule has 27 heavy (non-hydrogen) atoms. The van der Waals surface area contributed by atoms with Crippen molar-refractivity contribution >= 4 is 23.0 Å². The first-order valence-electron chi connectivity index (χ1n) is 8.31. The maximum Gasteiger partial charge on any atom is 0.276 e. The first kappa shape index (κ1) is 17.1. The Morgan fingerprint density at radius 2 is 1.85 bits per heavy atom. The Hall–Kier alpha value is -3.35. The smallest absolute Gasteiger partial charge is 0.276 e. The number of benzene rings is 2. The molecular formula is C20H14F3N3O. The van der Waals surface area contributed by atoms with Crippen molar-refractivity contribution in [3.05, 3.63) is 83.4 Å². The SMILES string of the molecule is O=C(c1cc(Nc2ccc(F)c(F)c2F)ccn1)N1CCc2ccccc21. The number of carbonyl (C=O) groups excluding carboxylic acids is 1. The van der Waals surface area contributed by atoms with Crippen molar-refractivity contribution < 1.29 is 18.0 Å². The monoisotopic (exact) mass is 369 g/mol. The summed E-state index contributed by atoms with van der Waals surface area (Å²) < 4.78 is 40.3. The van der Waals surface area contributed by atoms with Crippen LogP contribution in [0.15, 0.2) is 54.7 Å². The van der Waals surface area contributed by atoms with Crippen LogP contribution in [-0.4, -0.2) is 17.4 Å². The predicted octanol–water partition coefficient (Wildman–Crippen LogP) is 4.45. The Morgan fingerprint density at radius 1 is 1.04 bits per heavy atom. The van der Waals surface area contributed by atoms with E-state index in [1.54, 1.807) is 4.90 Å². The zero-order valence-corrected chi connectivity index (χ0v) is 14.0. The van der Waals surface area contributed by atoms with E-state index in [1.807, 2.05) is 24.3 Å². The number of nitrogens with zero attached hydrogens (tertiary/aromatic N) is 2. The molecule has 0 saturated carbocycles. The van der Waals surface area contributed by atoms with Crippen LogP contribution >= 0.6 is 0 Å². The molecule has 0 spiro atoms. The summed E-state index contributed by atoms with van der Waals surface area (Å²) in [5, 5.41) is 2.65. The summed E-state index contributed by atoms with van der Waals surface area (Å²) in [4.78, 5) is 18.6. The number of hydrogen-bond acceptors (Lipinski definition) is 3. The van der Waals surface area contributed by atoms with Crippen LogP contribution in [0.5, 0.6) is 0 Å². The van der Waals surface area contributed by atoms with Crippen molar-refractivity contribution in [3.8, 4) is 0 Å². The van der Waals surface area contributed by atoms with Crippen LogP contribution < -0.4 is 10.2 Å². The van der Waals surface area contributed by atoms with E-state index in [4.69, 9.17) is 0 Å². The van der Waals surface area contributed by atoms with Crippen molar-refractivity contribution in [2.75, 3.05) is 16.8 Å². The molecule has 1 amide bonds. The van der Waals surface area contributed by atoms with Gasteiger partial charge in [-0.2, -0.15) is 0 Å². The van der Waals surface area contributed by atoms with Crippen LogP contribution in [0.4, 0.5) is 30.2 Å². The highest BCUT2D eigenvalue weighted by Gasteiger charge is 2.26. The Labute approximate surface area is 153 Å². The lowest BCUT2D eigenvalue weighted by Gasteiger charge is -2.17. The molecule has 0 atom stereocenters. The first-order valence-corrected chi connectivity index (χ1v) is 8.31. The lowest BCUT2D eigenvalue weighted by molar-refractivity contribution is 0.0984. The molecule has 1 aliphatic rings. The van der Waals surface area contributed by atoms with Gasteiger partial charge in [0.1, 0.15) is 5.69 Å². The average molecular weight is 369 g/mol. The van der Waals surface area contributed by atoms with E-state index in [0.29, 0.717) is 12.2 Å². The molecule has 4 nitrogen and oxygen atoms in total. The van der Waals surface area contributed by atoms with Crippen LogP contribution in [0.2, 0.25) is 0 Å². The van der Waals surface area contributed by atoms with Gasteiger partial charge in [0.05, 0.1) is 5.69 Å². The molecule has 0 radical (unpaired) electrons. The van der Waals surface area contributed by atoms with E-state index in [2.05, 4.69) is 10.3 Å². The van der Waals surface area contributed by atoms with E-state index in [9.17, 15) is 18.0 Å². The number of amides is 1. The van der Waals surface area contributed by atoms with Crippen molar-refractivity contribution in [2.24, 2.45) is 0 Å². The van der Waals surface area contributed by atoms with Crippen molar-refractivity contribution in [2.45, 2.75) is 6.42 Å². The lowest BCUT2D eigenvalue weighted by Crippen LogP contribution is -2.29. The third-order valence-corrected chi connectivity index (χ3v) is 4.43. The van der Waals surface area contributed by atoms with Crippen molar-refractivity contribution in [3.63, 3.8) is 0 Å². The fourth-order valence-corrected chi connectivity index (χ4v) is 3.09. The number of carbonyl (C=O) groups is 1. The first-order chi connectivity index (χ1) is 13.0. The second-order valence-corrected chi connectivity index (χ2v) is 6.11. The van der Waals surface area contributed by atoms with Crippen molar-refractivity contribution in [1.82, 2.24) is 4.98 Å². The zero-order valence-electron chi connectivity index (χ0n) is 14.0. The quantitative estimate of drug-likeness (QED) is 0.694. The molecule has 0 aliphatic carbocycles. The highest BCUT2D eigenvalue weighted by molar-refractivity contribution is 6.06. The number of hydrogen-bond donors (Lipinski definition) is 1. The third kappa shape index (κ3) is 3.12. The molecule has 2 aromatic carbocycles. The van der Waals surface area contributed by atoms with Gasteiger partial charge in [-0.15, -0.1) is 0 Å². The molecule has 0 fully saturated rings. The normalized spacial score (nSPS) is 12.8. The van der Waals surface area contributed by atoms with Gasteiger partial charge < -0.3 is 10.2 Å². The second kappa shape index (κ2) is 6.75. The molecule has 3 aromatic rings. The molecule has 2 heterocycles. The number of rotatable bonds is 3. The van der Waals surface area contributed by atoms with Gasteiger partial charge >= 0.3 is 0 Å². The van der Waals surface area contributed by atoms with Gasteiger partial charge in [0.2, 0.25) is 0 Å². The number of anilines is 3. The molecule has 1 aromatic heterocycles. The Bertz CT molecular complexity index is 1040. The molecule has 1 aliphatic heterocycles. The summed E-state index contributed by atoms with van der Waals surface area (Å²) in [7, 11) is 0. The minimum Gasteiger partial charge on any atom is -0.353 e. The van der Waals surface area contributed by atoms with E-state index in [-0.39, 0.29) is 17.3 Å². The van der Waals surface area contributed by atoms with Crippen LogP contribution in [0.25, 0.3) is 0 Å². The van der Waals surface area contributed by atoms with Gasteiger partial charge in [0, 0.05) is 24.1 Å². The lowest BCUT2D eigenvalue weighted by atomic mass is 10.2. The van der Waals surface area contributed by atoms with E-state index in [0.717, 1.165) is 29.8 Å². The fraction of sp³-hybridized carbons (Fsp3) is 0.100. The fourth-order valence-electron chi connectivity index (χ4n) is 3.09. The number of pyridine rings is 1. The van der Waals surface area contributed by atoms with Gasteiger partial charge in [0.15, 0.2) is 17.5 Å². The Kier molecular flexibility index (Phi) is 4.27. The van der Waals surface area contributed by atoms with Crippen LogP contribution in [0.3, 0.4) is 0 Å². The molecule has 0 bridgehead atoms. The number of fused-ring (bicyclic) bond motifs is 1. The largest absolute Gasteiger partial charge is 0.353 e. The number of para-hydroxylation sites is 1. The standard InChI is InChI=1S/C20H14F3N3O/c21-14-5-6-15(19(23)18(14)22)25-13-7-9-24-16(11-13)20(27)26-10-8-12-3-1-2-4-17(12)26/h1-7,9,11H,8,10H2,(H,24,25). The van der Waals surface area contributed by atoms with E-state index >= 15 is 0 Å². The Balaban J connectivity index is 1.60. The molecule has 136 valence electrons. The van der Waals surface area contributed by atoms with Crippen LogP contribution in [0.1, 0.15) is 16.1 Å². The topological polar surface area (TPSA) is 45.2 Å². The van der Waals surface area contributed by atoms with Crippen molar-refractivity contribution in [1.29, 1.82) is 0 Å². The van der Waals surface area contributed by atoms with Crippen LogP contribution in [0, 0.1) is 17.5 Å². The summed E-state index contributed by atoms with van der Waals surface area (Å²) in [6, 6.07) is 12.5. The minimum absolute atomic E-state index is 0.166. The summed E-state index contributed by atoms with van der Waals surface area (Å²) in [5.74, 6) is -4.43. The number of halogens is 3.